The topological polar surface area (TPSA) is 41.6 Å². The molecular formula is C14H22N2O2. The Morgan fingerprint density at radius 1 is 1.56 bits per heavy atom. The van der Waals surface area contributed by atoms with Gasteiger partial charge in [-0.15, -0.1) is 0 Å². The summed E-state index contributed by atoms with van der Waals surface area (Å²) in [4.78, 5) is 13.6. The Kier molecular flexibility index (Phi) is 6.22. The van der Waals surface area contributed by atoms with Crippen LogP contribution in [0.25, 0.3) is 0 Å². The van der Waals surface area contributed by atoms with Crippen LogP contribution < -0.4 is 5.32 Å². The van der Waals surface area contributed by atoms with Gasteiger partial charge in [-0.2, -0.15) is 0 Å². The van der Waals surface area contributed by atoms with Gasteiger partial charge in [0.2, 0.25) is 0 Å². The number of amides is 1. The summed E-state index contributed by atoms with van der Waals surface area (Å²) in [6, 6.07) is 0.320. The standard InChI is InChI=1S/C14H22N2O2/c1-4-6-12(5-2)11-18-14(17)16-10-8-13(16)7-9-15-3/h4-6,13,15H,1-2,7-11H2,3H3/b12-6+. The van der Waals surface area contributed by atoms with E-state index >= 15 is 0 Å². The van der Waals surface area contributed by atoms with E-state index in [1.165, 1.54) is 0 Å². The van der Waals surface area contributed by atoms with Crippen molar-refractivity contribution in [2.45, 2.75) is 18.9 Å². The summed E-state index contributed by atoms with van der Waals surface area (Å²) in [7, 11) is 1.91. The number of carbonyl (C=O) groups excluding carboxylic acids is 1. The summed E-state index contributed by atoms with van der Waals surface area (Å²) in [5, 5.41) is 3.09. The number of hydrogen-bond acceptors (Lipinski definition) is 3. The fourth-order valence-electron chi connectivity index (χ4n) is 1.85. The molecule has 1 amide bonds. The van der Waals surface area contributed by atoms with Gasteiger partial charge in [0.25, 0.3) is 0 Å². The fourth-order valence-corrected chi connectivity index (χ4v) is 1.85. The van der Waals surface area contributed by atoms with Gasteiger partial charge in [0, 0.05) is 12.6 Å². The fraction of sp³-hybridized carbons (Fsp3) is 0.500. The lowest BCUT2D eigenvalue weighted by Gasteiger charge is -2.40. The Morgan fingerprint density at radius 2 is 2.33 bits per heavy atom. The van der Waals surface area contributed by atoms with Gasteiger partial charge in [-0.25, -0.2) is 4.79 Å². The highest BCUT2D eigenvalue weighted by Crippen LogP contribution is 2.21. The molecule has 0 aromatic carbocycles. The van der Waals surface area contributed by atoms with Crippen LogP contribution in [0, 0.1) is 0 Å². The minimum atomic E-state index is -0.237. The number of ether oxygens (including phenoxy) is 1. The molecule has 1 N–H and O–H groups in total. The van der Waals surface area contributed by atoms with Crippen molar-refractivity contribution in [1.29, 1.82) is 0 Å². The highest BCUT2D eigenvalue weighted by atomic mass is 16.6. The first-order valence-corrected chi connectivity index (χ1v) is 6.25. The Labute approximate surface area is 109 Å². The van der Waals surface area contributed by atoms with Gasteiger partial charge in [0.1, 0.15) is 6.61 Å². The lowest BCUT2D eigenvalue weighted by Crippen LogP contribution is -2.52. The van der Waals surface area contributed by atoms with Crippen LogP contribution in [0.2, 0.25) is 0 Å². The van der Waals surface area contributed by atoms with Crippen LogP contribution in [0.15, 0.2) is 37.0 Å². The summed E-state index contributed by atoms with van der Waals surface area (Å²) in [5.74, 6) is 0. The summed E-state index contributed by atoms with van der Waals surface area (Å²) in [5.41, 5.74) is 0.852. The molecule has 1 saturated heterocycles. The highest BCUT2D eigenvalue weighted by molar-refractivity contribution is 5.69. The summed E-state index contributed by atoms with van der Waals surface area (Å²) in [6.07, 6.45) is 6.91. The van der Waals surface area contributed by atoms with Crippen LogP contribution in [-0.2, 0) is 4.74 Å². The van der Waals surface area contributed by atoms with Gasteiger partial charge in [-0.05, 0) is 32.0 Å². The SMILES string of the molecule is C=C/C=C(\C=C)COC(=O)N1CCC1CCNC. The largest absolute Gasteiger partial charge is 0.445 e. The van der Waals surface area contributed by atoms with E-state index in [9.17, 15) is 4.79 Å². The third-order valence-electron chi connectivity index (χ3n) is 3.06. The van der Waals surface area contributed by atoms with Crippen LogP contribution in [0.3, 0.4) is 0 Å². The van der Waals surface area contributed by atoms with E-state index in [4.69, 9.17) is 4.74 Å². The zero-order chi connectivity index (χ0) is 13.4. The molecular weight excluding hydrogens is 228 g/mol. The van der Waals surface area contributed by atoms with Crippen molar-refractivity contribution in [3.8, 4) is 0 Å². The normalized spacial score (nSPS) is 19.1. The number of allylic oxidation sites excluding steroid dienone is 2. The zero-order valence-corrected chi connectivity index (χ0v) is 11.0. The number of likely N-dealkylation sites (tertiary alicyclic amines) is 1. The molecule has 18 heavy (non-hydrogen) atoms. The maximum atomic E-state index is 11.8. The first-order valence-electron chi connectivity index (χ1n) is 6.25. The molecule has 0 aromatic heterocycles. The maximum absolute atomic E-state index is 11.8. The lowest BCUT2D eigenvalue weighted by molar-refractivity contribution is 0.0505. The molecule has 0 bridgehead atoms. The molecule has 0 spiro atoms. The lowest BCUT2D eigenvalue weighted by atomic mass is 10.0. The van der Waals surface area contributed by atoms with E-state index < -0.39 is 0 Å². The molecule has 0 aromatic rings. The molecule has 1 aliphatic rings. The van der Waals surface area contributed by atoms with Crippen molar-refractivity contribution in [2.24, 2.45) is 0 Å². The van der Waals surface area contributed by atoms with Crippen molar-refractivity contribution < 1.29 is 9.53 Å². The Morgan fingerprint density at radius 3 is 2.83 bits per heavy atom. The number of carbonyl (C=O) groups is 1. The molecule has 1 heterocycles. The van der Waals surface area contributed by atoms with Crippen molar-refractivity contribution in [3.63, 3.8) is 0 Å². The number of rotatable bonds is 7. The molecule has 0 radical (unpaired) electrons. The molecule has 0 aliphatic carbocycles. The molecule has 1 rings (SSSR count). The minimum absolute atomic E-state index is 0.237. The van der Waals surface area contributed by atoms with Gasteiger partial charge in [0.15, 0.2) is 0 Å². The van der Waals surface area contributed by atoms with Gasteiger partial charge in [-0.1, -0.05) is 31.4 Å². The Hall–Kier alpha value is -1.55. The van der Waals surface area contributed by atoms with E-state index in [2.05, 4.69) is 18.5 Å². The van der Waals surface area contributed by atoms with Crippen LogP contribution in [0.1, 0.15) is 12.8 Å². The Bertz CT molecular complexity index is 337. The summed E-state index contributed by atoms with van der Waals surface area (Å²) < 4.78 is 5.24. The molecule has 1 fully saturated rings. The third-order valence-corrected chi connectivity index (χ3v) is 3.06. The van der Waals surface area contributed by atoms with E-state index in [1.54, 1.807) is 23.1 Å². The molecule has 1 aliphatic heterocycles. The third kappa shape index (κ3) is 4.04. The van der Waals surface area contributed by atoms with E-state index in [-0.39, 0.29) is 12.7 Å². The first kappa shape index (κ1) is 14.5. The van der Waals surface area contributed by atoms with E-state index in [0.717, 1.165) is 31.5 Å². The molecule has 1 unspecified atom stereocenters. The van der Waals surface area contributed by atoms with Crippen molar-refractivity contribution in [3.05, 3.63) is 37.0 Å². The van der Waals surface area contributed by atoms with Gasteiger partial charge in [0.05, 0.1) is 0 Å². The maximum Gasteiger partial charge on any atom is 0.410 e. The molecule has 4 heteroatoms. The van der Waals surface area contributed by atoms with Gasteiger partial charge < -0.3 is 15.0 Å². The van der Waals surface area contributed by atoms with Crippen molar-refractivity contribution >= 4 is 6.09 Å². The van der Waals surface area contributed by atoms with Gasteiger partial charge in [-0.3, -0.25) is 0 Å². The highest BCUT2D eigenvalue weighted by Gasteiger charge is 2.32. The van der Waals surface area contributed by atoms with Crippen LogP contribution >= 0.6 is 0 Å². The van der Waals surface area contributed by atoms with Crippen LogP contribution in [0.4, 0.5) is 4.79 Å². The second-order valence-electron chi connectivity index (χ2n) is 4.26. The Balaban J connectivity index is 2.34. The number of nitrogens with one attached hydrogen (secondary N) is 1. The molecule has 4 nitrogen and oxygen atoms in total. The molecule has 100 valence electrons. The van der Waals surface area contributed by atoms with Crippen molar-refractivity contribution in [1.82, 2.24) is 10.2 Å². The first-order chi connectivity index (χ1) is 8.72. The quantitative estimate of drug-likeness (QED) is 0.704. The summed E-state index contributed by atoms with van der Waals surface area (Å²) >= 11 is 0. The smallest absolute Gasteiger partial charge is 0.410 e. The minimum Gasteiger partial charge on any atom is -0.445 e. The number of hydrogen-bond donors (Lipinski definition) is 1. The average Bonchev–Trinajstić information content (AvgIpc) is 2.33. The predicted octanol–water partition coefficient (Wildman–Crippen LogP) is 2.11. The molecule has 1 atom stereocenters. The zero-order valence-electron chi connectivity index (χ0n) is 11.0. The second-order valence-corrected chi connectivity index (χ2v) is 4.26. The predicted molar refractivity (Wildman–Crippen MR) is 73.5 cm³/mol. The average molecular weight is 250 g/mol. The molecule has 0 saturated carbocycles. The van der Waals surface area contributed by atoms with E-state index in [0.29, 0.717) is 6.04 Å². The number of nitrogens with zero attached hydrogens (tertiary/aromatic N) is 1. The van der Waals surface area contributed by atoms with Crippen molar-refractivity contribution in [2.75, 3.05) is 26.7 Å². The van der Waals surface area contributed by atoms with Gasteiger partial charge >= 0.3 is 6.09 Å². The second kappa shape index (κ2) is 7.71. The monoisotopic (exact) mass is 250 g/mol. The van der Waals surface area contributed by atoms with Crippen LogP contribution in [-0.4, -0.2) is 43.8 Å². The summed E-state index contributed by atoms with van der Waals surface area (Å²) in [6.45, 7) is 9.23. The van der Waals surface area contributed by atoms with E-state index in [1.807, 2.05) is 7.05 Å². The van der Waals surface area contributed by atoms with Crippen LogP contribution in [0.5, 0.6) is 0 Å².